The van der Waals surface area contributed by atoms with Crippen LogP contribution >= 0.6 is 0 Å². The zero-order valence-corrected chi connectivity index (χ0v) is 18.7. The van der Waals surface area contributed by atoms with Crippen LogP contribution < -0.4 is 9.47 Å². The lowest BCUT2D eigenvalue weighted by Gasteiger charge is -2.08. The number of rotatable bonds is 10. The molecule has 0 unspecified atom stereocenters. The first kappa shape index (κ1) is 24.3. The van der Waals surface area contributed by atoms with Gasteiger partial charge in [0.15, 0.2) is 0 Å². The summed E-state index contributed by atoms with van der Waals surface area (Å²) in [6, 6.07) is 21.3. The lowest BCUT2D eigenvalue weighted by atomic mass is 10.0. The second-order valence-corrected chi connectivity index (χ2v) is 7.14. The van der Waals surface area contributed by atoms with Crippen LogP contribution in [-0.4, -0.2) is 31.8 Å². The molecule has 0 aliphatic carbocycles. The van der Waals surface area contributed by atoms with E-state index in [2.05, 4.69) is 6.58 Å². The molecule has 0 aliphatic rings. The van der Waals surface area contributed by atoms with Gasteiger partial charge in [-0.1, -0.05) is 43.0 Å². The number of carbonyl (C=O) groups excluding carboxylic acids is 3. The predicted molar refractivity (Wildman–Crippen MR) is 125 cm³/mol. The quantitative estimate of drug-likeness (QED) is 0.187. The van der Waals surface area contributed by atoms with Gasteiger partial charge in [-0.05, 0) is 59.5 Å². The molecule has 0 atom stereocenters. The van der Waals surface area contributed by atoms with Crippen molar-refractivity contribution in [2.24, 2.45) is 0 Å². The molecule has 0 bridgehead atoms. The molecule has 0 saturated heterocycles. The van der Waals surface area contributed by atoms with E-state index in [0.29, 0.717) is 23.5 Å². The van der Waals surface area contributed by atoms with Gasteiger partial charge in [-0.3, -0.25) is 4.79 Å². The zero-order chi connectivity index (χ0) is 24.3. The minimum Gasteiger partial charge on any atom is -0.465 e. The third-order valence-corrected chi connectivity index (χ3v) is 4.86. The zero-order valence-electron chi connectivity index (χ0n) is 18.7. The first-order valence-corrected chi connectivity index (χ1v) is 10.5. The van der Waals surface area contributed by atoms with E-state index in [1.54, 1.807) is 36.4 Å². The van der Waals surface area contributed by atoms with E-state index in [0.717, 1.165) is 22.8 Å². The van der Waals surface area contributed by atoms with Gasteiger partial charge in [-0.25, -0.2) is 9.59 Å². The molecule has 34 heavy (non-hydrogen) atoms. The summed E-state index contributed by atoms with van der Waals surface area (Å²) in [7, 11) is 1.34. The maximum Gasteiger partial charge on any atom is 0.337 e. The van der Waals surface area contributed by atoms with Crippen molar-refractivity contribution in [3.63, 3.8) is 0 Å². The van der Waals surface area contributed by atoms with Crippen molar-refractivity contribution in [2.75, 3.05) is 13.9 Å². The van der Waals surface area contributed by atoms with Crippen LogP contribution in [0.1, 0.15) is 22.3 Å². The Bertz CT molecular complexity index is 1130. The number of hydrogen-bond acceptors (Lipinski definition) is 7. The third-order valence-electron chi connectivity index (χ3n) is 4.86. The van der Waals surface area contributed by atoms with Gasteiger partial charge >= 0.3 is 17.9 Å². The highest BCUT2D eigenvalue weighted by atomic mass is 16.7. The molecule has 0 heterocycles. The number of ether oxygens (including phenoxy) is 4. The molecule has 0 N–H and O–H groups in total. The Labute approximate surface area is 197 Å². The molecule has 7 nitrogen and oxygen atoms in total. The van der Waals surface area contributed by atoms with Crippen LogP contribution in [-0.2, 0) is 25.5 Å². The average molecular weight is 460 g/mol. The predicted octanol–water partition coefficient (Wildman–Crippen LogP) is 4.74. The Morgan fingerprint density at radius 2 is 1.41 bits per heavy atom. The van der Waals surface area contributed by atoms with Crippen LogP contribution in [0.25, 0.3) is 11.1 Å². The summed E-state index contributed by atoms with van der Waals surface area (Å²) in [6.07, 6.45) is 1.79. The lowest BCUT2D eigenvalue weighted by Crippen LogP contribution is -2.09. The van der Waals surface area contributed by atoms with E-state index in [1.165, 1.54) is 7.11 Å². The van der Waals surface area contributed by atoms with Crippen molar-refractivity contribution in [3.8, 4) is 22.6 Å². The van der Waals surface area contributed by atoms with Crippen LogP contribution in [0.15, 0.2) is 85.5 Å². The van der Waals surface area contributed by atoms with Crippen LogP contribution in [0, 0.1) is 0 Å². The van der Waals surface area contributed by atoms with Gasteiger partial charge < -0.3 is 18.9 Å². The molecule has 3 aromatic carbocycles. The molecule has 0 aliphatic heterocycles. The monoisotopic (exact) mass is 460 g/mol. The molecular weight excluding hydrogens is 436 g/mol. The van der Waals surface area contributed by atoms with Gasteiger partial charge in [0.1, 0.15) is 11.5 Å². The van der Waals surface area contributed by atoms with E-state index in [4.69, 9.17) is 18.9 Å². The summed E-state index contributed by atoms with van der Waals surface area (Å²) in [5.74, 6) is -0.281. The first-order valence-electron chi connectivity index (χ1n) is 10.5. The minimum absolute atomic E-state index is 0.200. The fraction of sp³-hybridized carbons (Fsp3) is 0.148. The van der Waals surface area contributed by atoms with E-state index in [9.17, 15) is 14.4 Å². The number of hydrogen-bond donors (Lipinski definition) is 0. The van der Waals surface area contributed by atoms with E-state index in [-0.39, 0.29) is 25.2 Å². The Hall–Kier alpha value is -4.39. The van der Waals surface area contributed by atoms with Gasteiger partial charge in [-0.15, -0.1) is 0 Å². The number of carbonyl (C=O) groups is 3. The van der Waals surface area contributed by atoms with Crippen LogP contribution in [0.5, 0.6) is 11.5 Å². The standard InChI is InChI=1S/C27H24O7/c1-3-25(28)33-18-32-23-13-4-19(5-14-23)6-17-26(29)34-24-15-11-21(12-16-24)20-7-9-22(10-8-20)27(30)31-2/h3-5,7-16H,1,6,17-18H2,2H3. The van der Waals surface area contributed by atoms with Crippen molar-refractivity contribution in [3.05, 3.63) is 96.6 Å². The summed E-state index contributed by atoms with van der Waals surface area (Å²) >= 11 is 0. The Kier molecular flexibility index (Phi) is 8.57. The molecule has 0 saturated carbocycles. The highest BCUT2D eigenvalue weighted by Crippen LogP contribution is 2.23. The highest BCUT2D eigenvalue weighted by Gasteiger charge is 2.08. The normalized spacial score (nSPS) is 10.1. The maximum atomic E-state index is 12.2. The summed E-state index contributed by atoms with van der Waals surface area (Å²) in [5, 5.41) is 0. The molecule has 7 heteroatoms. The van der Waals surface area contributed by atoms with E-state index < -0.39 is 5.97 Å². The van der Waals surface area contributed by atoms with Gasteiger partial charge in [0.05, 0.1) is 12.7 Å². The van der Waals surface area contributed by atoms with Crippen molar-refractivity contribution < 1.29 is 33.3 Å². The SMILES string of the molecule is C=CC(=O)OCOc1ccc(CCC(=O)Oc2ccc(-c3ccc(C(=O)OC)cc3)cc2)cc1. The first-order chi connectivity index (χ1) is 16.5. The van der Waals surface area contributed by atoms with Crippen molar-refractivity contribution >= 4 is 17.9 Å². The topological polar surface area (TPSA) is 88.1 Å². The molecule has 0 fully saturated rings. The van der Waals surface area contributed by atoms with Crippen LogP contribution in [0.3, 0.4) is 0 Å². The molecule has 3 rings (SSSR count). The summed E-state index contributed by atoms with van der Waals surface area (Å²) < 4.78 is 20.2. The summed E-state index contributed by atoms with van der Waals surface area (Å²) in [6.45, 7) is 3.10. The largest absolute Gasteiger partial charge is 0.465 e. The number of methoxy groups -OCH3 is 1. The molecule has 174 valence electrons. The Balaban J connectivity index is 1.46. The number of esters is 3. The smallest absolute Gasteiger partial charge is 0.337 e. The van der Waals surface area contributed by atoms with E-state index in [1.807, 2.05) is 36.4 Å². The van der Waals surface area contributed by atoms with Crippen molar-refractivity contribution in [2.45, 2.75) is 12.8 Å². The number of benzene rings is 3. The fourth-order valence-corrected chi connectivity index (χ4v) is 3.03. The Morgan fingerprint density at radius 3 is 2.00 bits per heavy atom. The second kappa shape index (κ2) is 12.0. The van der Waals surface area contributed by atoms with E-state index >= 15 is 0 Å². The van der Waals surface area contributed by atoms with Crippen LogP contribution in [0.2, 0.25) is 0 Å². The minimum atomic E-state index is -0.556. The molecule has 0 aromatic heterocycles. The van der Waals surface area contributed by atoms with Crippen LogP contribution in [0.4, 0.5) is 0 Å². The molecule has 0 spiro atoms. The average Bonchev–Trinajstić information content (AvgIpc) is 2.88. The van der Waals surface area contributed by atoms with Gasteiger partial charge in [0.25, 0.3) is 0 Å². The van der Waals surface area contributed by atoms with Crippen molar-refractivity contribution in [1.82, 2.24) is 0 Å². The second-order valence-electron chi connectivity index (χ2n) is 7.14. The Morgan fingerprint density at radius 1 is 0.824 bits per heavy atom. The molecular formula is C27H24O7. The summed E-state index contributed by atoms with van der Waals surface area (Å²) in [5.41, 5.74) is 3.28. The summed E-state index contributed by atoms with van der Waals surface area (Å²) in [4.78, 5) is 34.7. The maximum absolute atomic E-state index is 12.2. The van der Waals surface area contributed by atoms with Gasteiger partial charge in [-0.2, -0.15) is 0 Å². The third kappa shape index (κ3) is 7.06. The highest BCUT2D eigenvalue weighted by molar-refractivity contribution is 5.90. The molecule has 0 radical (unpaired) electrons. The molecule has 3 aromatic rings. The number of aryl methyl sites for hydroxylation is 1. The van der Waals surface area contributed by atoms with Gasteiger partial charge in [0, 0.05) is 12.5 Å². The molecule has 0 amide bonds. The lowest BCUT2D eigenvalue weighted by molar-refractivity contribution is -0.144. The van der Waals surface area contributed by atoms with Crippen molar-refractivity contribution in [1.29, 1.82) is 0 Å². The van der Waals surface area contributed by atoms with Gasteiger partial charge in [0.2, 0.25) is 6.79 Å². The fourth-order valence-electron chi connectivity index (χ4n) is 3.03.